The van der Waals surface area contributed by atoms with E-state index in [-0.39, 0.29) is 39.3 Å². The third-order valence-corrected chi connectivity index (χ3v) is 6.20. The highest BCUT2D eigenvalue weighted by Crippen LogP contribution is 2.42. The van der Waals surface area contributed by atoms with Gasteiger partial charge in [0.25, 0.3) is 0 Å². The van der Waals surface area contributed by atoms with Crippen LogP contribution in [0, 0.1) is 11.8 Å². The molecule has 0 heterocycles. The summed E-state index contributed by atoms with van der Waals surface area (Å²) >= 11 is 0. The maximum atomic E-state index is 12.9. The van der Waals surface area contributed by atoms with Crippen LogP contribution in [0.4, 0.5) is 0 Å². The van der Waals surface area contributed by atoms with Crippen LogP contribution in [0.3, 0.4) is 0 Å². The fraction of sp³-hybridized carbons (Fsp3) is 0.467. The first-order valence-electron chi connectivity index (χ1n) is 13.1. The van der Waals surface area contributed by atoms with Gasteiger partial charge in [-0.15, -0.1) is 0 Å². The third kappa shape index (κ3) is 8.71. The molecule has 0 bridgehead atoms. The van der Waals surface area contributed by atoms with Crippen molar-refractivity contribution in [1.29, 1.82) is 0 Å². The molecule has 38 heavy (non-hydrogen) atoms. The highest BCUT2D eigenvalue weighted by atomic mass is 16.6. The predicted octanol–water partition coefficient (Wildman–Crippen LogP) is 4.82. The molecular formula is C30H38O8. The molecule has 0 saturated heterocycles. The average Bonchev–Trinajstić information content (AvgIpc) is 2.92. The van der Waals surface area contributed by atoms with Crippen molar-refractivity contribution in [1.82, 2.24) is 0 Å². The number of rotatable bonds is 15. The molecule has 0 aliphatic heterocycles. The molecule has 0 saturated carbocycles. The molecule has 0 aliphatic rings. The first-order chi connectivity index (χ1) is 18.4. The fourth-order valence-corrected chi connectivity index (χ4v) is 4.52. The summed E-state index contributed by atoms with van der Waals surface area (Å²) in [7, 11) is 0. The van der Waals surface area contributed by atoms with E-state index in [9.17, 15) is 19.2 Å². The minimum Gasteiger partial charge on any atom is -0.465 e. The van der Waals surface area contributed by atoms with E-state index in [2.05, 4.69) is 0 Å². The second kappa shape index (κ2) is 16.2. The first-order valence-corrected chi connectivity index (χ1v) is 13.1. The van der Waals surface area contributed by atoms with Crippen molar-refractivity contribution in [2.75, 3.05) is 26.4 Å². The first kappa shape index (κ1) is 30.5. The van der Waals surface area contributed by atoms with E-state index in [1.807, 2.05) is 60.7 Å². The van der Waals surface area contributed by atoms with Gasteiger partial charge in [-0.3, -0.25) is 19.2 Å². The molecule has 2 aromatic rings. The van der Waals surface area contributed by atoms with Gasteiger partial charge < -0.3 is 18.9 Å². The van der Waals surface area contributed by atoms with Gasteiger partial charge in [0.15, 0.2) is 11.8 Å². The minimum atomic E-state index is -1.19. The van der Waals surface area contributed by atoms with Crippen LogP contribution in [-0.4, -0.2) is 50.3 Å². The van der Waals surface area contributed by atoms with Crippen molar-refractivity contribution in [2.24, 2.45) is 11.8 Å². The molecule has 0 fully saturated rings. The van der Waals surface area contributed by atoms with E-state index in [1.165, 1.54) is 0 Å². The Morgan fingerprint density at radius 3 is 1.00 bits per heavy atom. The van der Waals surface area contributed by atoms with Crippen molar-refractivity contribution >= 4 is 23.9 Å². The second-order valence-electron chi connectivity index (χ2n) is 8.62. The van der Waals surface area contributed by atoms with Crippen LogP contribution in [0.5, 0.6) is 0 Å². The molecule has 2 aromatic carbocycles. The standard InChI is InChI=1S/C30H38O8/c1-5-35-27(31)25(28(32)36-6-2)19-23(21-15-11-9-12-16-21)24(22-17-13-10-14-18-22)20-26(29(33)37-7-3)30(34)38-8-4/h9-18,23-26H,5-8,19-20H2,1-4H3/t23-,24-/m0/s1. The summed E-state index contributed by atoms with van der Waals surface area (Å²) in [5.41, 5.74) is 1.68. The van der Waals surface area contributed by atoms with E-state index in [0.717, 1.165) is 11.1 Å². The Bertz CT molecular complexity index is 902. The summed E-state index contributed by atoms with van der Waals surface area (Å²) in [4.78, 5) is 51.7. The van der Waals surface area contributed by atoms with Crippen LogP contribution < -0.4 is 0 Å². The van der Waals surface area contributed by atoms with Crippen molar-refractivity contribution in [3.63, 3.8) is 0 Å². The van der Waals surface area contributed by atoms with E-state index < -0.39 is 47.5 Å². The molecule has 0 radical (unpaired) electrons. The Morgan fingerprint density at radius 2 is 0.763 bits per heavy atom. The zero-order valence-corrected chi connectivity index (χ0v) is 22.6. The Balaban J connectivity index is 2.64. The summed E-state index contributed by atoms with van der Waals surface area (Å²) in [6.45, 7) is 7.13. The third-order valence-electron chi connectivity index (χ3n) is 6.20. The Labute approximate surface area is 224 Å². The van der Waals surface area contributed by atoms with Crippen LogP contribution in [-0.2, 0) is 38.1 Å². The Kier molecular flexibility index (Phi) is 13.0. The van der Waals surface area contributed by atoms with Gasteiger partial charge in [0.05, 0.1) is 26.4 Å². The summed E-state index contributed by atoms with van der Waals surface area (Å²) in [6, 6.07) is 18.8. The zero-order valence-electron chi connectivity index (χ0n) is 22.6. The summed E-state index contributed by atoms with van der Waals surface area (Å²) < 4.78 is 20.9. The summed E-state index contributed by atoms with van der Waals surface area (Å²) in [5.74, 6) is -5.98. The normalized spacial score (nSPS) is 12.5. The Morgan fingerprint density at radius 1 is 0.500 bits per heavy atom. The van der Waals surface area contributed by atoms with Crippen LogP contribution >= 0.6 is 0 Å². The molecule has 0 aromatic heterocycles. The Hall–Kier alpha value is -3.68. The van der Waals surface area contributed by atoms with Gasteiger partial charge in [-0.1, -0.05) is 60.7 Å². The largest absolute Gasteiger partial charge is 0.465 e. The molecule has 0 amide bonds. The molecule has 206 valence electrons. The molecule has 8 nitrogen and oxygen atoms in total. The summed E-state index contributed by atoms with van der Waals surface area (Å²) in [6.07, 6.45) is 0.110. The lowest BCUT2D eigenvalue weighted by molar-refractivity contribution is -0.164. The van der Waals surface area contributed by atoms with Gasteiger partial charge >= 0.3 is 23.9 Å². The number of benzene rings is 2. The topological polar surface area (TPSA) is 105 Å². The van der Waals surface area contributed by atoms with E-state index >= 15 is 0 Å². The average molecular weight is 527 g/mol. The maximum absolute atomic E-state index is 12.9. The molecule has 0 unspecified atom stereocenters. The molecule has 0 spiro atoms. The quantitative estimate of drug-likeness (QED) is 0.185. The number of hydrogen-bond acceptors (Lipinski definition) is 8. The SMILES string of the molecule is CCOC(=O)C(C[C@@H](c1ccccc1)[C@@H](CC(C(=O)OCC)C(=O)OCC)c1ccccc1)C(=O)OCC. The zero-order chi connectivity index (χ0) is 27.9. The highest BCUT2D eigenvalue weighted by molar-refractivity contribution is 5.95. The number of esters is 4. The lowest BCUT2D eigenvalue weighted by atomic mass is 9.72. The van der Waals surface area contributed by atoms with Gasteiger partial charge in [-0.25, -0.2) is 0 Å². The number of carbonyl (C=O) groups excluding carboxylic acids is 4. The smallest absolute Gasteiger partial charge is 0.320 e. The van der Waals surface area contributed by atoms with Crippen molar-refractivity contribution in [3.8, 4) is 0 Å². The molecule has 2 rings (SSSR count). The van der Waals surface area contributed by atoms with Gasteiger partial charge in [0.1, 0.15) is 0 Å². The molecule has 0 aliphatic carbocycles. The fourth-order valence-electron chi connectivity index (χ4n) is 4.52. The summed E-state index contributed by atoms with van der Waals surface area (Å²) in [5, 5.41) is 0. The monoisotopic (exact) mass is 526 g/mol. The van der Waals surface area contributed by atoms with Gasteiger partial charge in [0, 0.05) is 0 Å². The number of carbonyl (C=O) groups is 4. The van der Waals surface area contributed by atoms with Crippen LogP contribution in [0.1, 0.15) is 63.5 Å². The molecule has 2 atom stereocenters. The van der Waals surface area contributed by atoms with Gasteiger partial charge in [0.2, 0.25) is 0 Å². The van der Waals surface area contributed by atoms with Crippen molar-refractivity contribution in [3.05, 3.63) is 71.8 Å². The van der Waals surface area contributed by atoms with Crippen molar-refractivity contribution < 1.29 is 38.1 Å². The van der Waals surface area contributed by atoms with Crippen molar-refractivity contribution in [2.45, 2.75) is 52.4 Å². The highest BCUT2D eigenvalue weighted by Gasteiger charge is 2.40. The van der Waals surface area contributed by atoms with Crippen LogP contribution in [0.2, 0.25) is 0 Å². The minimum absolute atomic E-state index is 0.0552. The number of ether oxygens (including phenoxy) is 4. The molecule has 8 heteroatoms. The van der Waals surface area contributed by atoms with E-state index in [0.29, 0.717) is 0 Å². The van der Waals surface area contributed by atoms with Crippen LogP contribution in [0.25, 0.3) is 0 Å². The number of hydrogen-bond donors (Lipinski definition) is 0. The van der Waals surface area contributed by atoms with Gasteiger partial charge in [-0.2, -0.15) is 0 Å². The van der Waals surface area contributed by atoms with E-state index in [1.54, 1.807) is 27.7 Å². The predicted molar refractivity (Wildman–Crippen MR) is 141 cm³/mol. The van der Waals surface area contributed by atoms with E-state index in [4.69, 9.17) is 18.9 Å². The molecular weight excluding hydrogens is 488 g/mol. The molecule has 0 N–H and O–H groups in total. The second-order valence-corrected chi connectivity index (χ2v) is 8.62. The maximum Gasteiger partial charge on any atom is 0.320 e. The van der Waals surface area contributed by atoms with Gasteiger partial charge in [-0.05, 0) is 63.5 Å². The lowest BCUT2D eigenvalue weighted by Gasteiger charge is -2.32. The van der Waals surface area contributed by atoms with Crippen LogP contribution in [0.15, 0.2) is 60.7 Å². The lowest BCUT2D eigenvalue weighted by Crippen LogP contribution is -2.34.